The summed E-state index contributed by atoms with van der Waals surface area (Å²) < 4.78 is 5.93. The SMILES string of the molecule is Nc1c(-c2ccc(OCCN3CCCCC3)cc2)ccc2ccccc12. The Morgan fingerprint density at radius 2 is 1.62 bits per heavy atom. The van der Waals surface area contributed by atoms with E-state index in [2.05, 4.69) is 41.3 Å². The van der Waals surface area contributed by atoms with Crippen LogP contribution in [0, 0.1) is 0 Å². The first-order valence-electron chi connectivity index (χ1n) is 9.54. The molecule has 0 aromatic heterocycles. The van der Waals surface area contributed by atoms with Gasteiger partial charge in [0.05, 0.1) is 0 Å². The molecule has 0 spiro atoms. The molecule has 3 aromatic rings. The monoisotopic (exact) mass is 346 g/mol. The van der Waals surface area contributed by atoms with Crippen LogP contribution in [0.25, 0.3) is 21.9 Å². The summed E-state index contributed by atoms with van der Waals surface area (Å²) in [5.41, 5.74) is 9.44. The predicted molar refractivity (Wildman–Crippen MR) is 110 cm³/mol. The molecule has 3 aromatic carbocycles. The summed E-state index contributed by atoms with van der Waals surface area (Å²) in [7, 11) is 0. The van der Waals surface area contributed by atoms with E-state index in [0.29, 0.717) is 0 Å². The number of anilines is 1. The number of piperidine rings is 1. The number of hydrogen-bond donors (Lipinski definition) is 1. The van der Waals surface area contributed by atoms with Crippen molar-refractivity contribution in [3.63, 3.8) is 0 Å². The van der Waals surface area contributed by atoms with Gasteiger partial charge >= 0.3 is 0 Å². The van der Waals surface area contributed by atoms with Gasteiger partial charge < -0.3 is 10.5 Å². The van der Waals surface area contributed by atoms with Crippen LogP contribution in [0.1, 0.15) is 19.3 Å². The third kappa shape index (κ3) is 3.68. The van der Waals surface area contributed by atoms with E-state index in [0.717, 1.165) is 41.1 Å². The zero-order chi connectivity index (χ0) is 17.8. The molecular weight excluding hydrogens is 320 g/mol. The minimum Gasteiger partial charge on any atom is -0.492 e. The third-order valence-corrected chi connectivity index (χ3v) is 5.26. The molecule has 2 N–H and O–H groups in total. The van der Waals surface area contributed by atoms with Crippen LogP contribution in [0.2, 0.25) is 0 Å². The summed E-state index contributed by atoms with van der Waals surface area (Å²) in [4.78, 5) is 2.49. The molecule has 1 aliphatic heterocycles. The highest BCUT2D eigenvalue weighted by Crippen LogP contribution is 2.33. The van der Waals surface area contributed by atoms with E-state index >= 15 is 0 Å². The van der Waals surface area contributed by atoms with E-state index < -0.39 is 0 Å². The number of benzene rings is 3. The fourth-order valence-electron chi connectivity index (χ4n) is 3.75. The second-order valence-electron chi connectivity index (χ2n) is 7.02. The second kappa shape index (κ2) is 7.79. The Kier molecular flexibility index (Phi) is 5.07. The Morgan fingerprint density at radius 1 is 0.846 bits per heavy atom. The number of likely N-dealkylation sites (tertiary alicyclic amines) is 1. The van der Waals surface area contributed by atoms with Crippen molar-refractivity contribution < 1.29 is 4.74 Å². The first-order chi connectivity index (χ1) is 12.8. The van der Waals surface area contributed by atoms with Crippen molar-refractivity contribution in [1.82, 2.24) is 4.90 Å². The molecule has 1 aliphatic rings. The average molecular weight is 346 g/mol. The number of rotatable bonds is 5. The standard InChI is InChI=1S/C23H26N2O/c24-23-21-7-3-2-6-18(21)10-13-22(23)19-8-11-20(12-9-19)26-17-16-25-14-4-1-5-15-25/h2-3,6-13H,1,4-5,14-17,24H2. The molecule has 0 atom stereocenters. The van der Waals surface area contributed by atoms with Gasteiger partial charge in [0.2, 0.25) is 0 Å². The van der Waals surface area contributed by atoms with Crippen molar-refractivity contribution in [2.75, 3.05) is 32.0 Å². The molecule has 1 saturated heterocycles. The Labute approximate surface area is 155 Å². The van der Waals surface area contributed by atoms with Gasteiger partial charge in [-0.2, -0.15) is 0 Å². The molecule has 4 rings (SSSR count). The quantitative estimate of drug-likeness (QED) is 0.664. The van der Waals surface area contributed by atoms with Crippen LogP contribution >= 0.6 is 0 Å². The Hall–Kier alpha value is -2.52. The van der Waals surface area contributed by atoms with Gasteiger partial charge in [-0.05, 0) is 49.0 Å². The Bertz CT molecular complexity index is 867. The summed E-state index contributed by atoms with van der Waals surface area (Å²) >= 11 is 0. The molecule has 1 fully saturated rings. The van der Waals surface area contributed by atoms with Crippen molar-refractivity contribution >= 4 is 16.5 Å². The maximum absolute atomic E-state index is 6.42. The van der Waals surface area contributed by atoms with Crippen LogP contribution < -0.4 is 10.5 Å². The van der Waals surface area contributed by atoms with Crippen molar-refractivity contribution in [3.8, 4) is 16.9 Å². The highest BCUT2D eigenvalue weighted by molar-refractivity contribution is 6.00. The second-order valence-corrected chi connectivity index (χ2v) is 7.02. The highest BCUT2D eigenvalue weighted by Gasteiger charge is 2.10. The van der Waals surface area contributed by atoms with Crippen LogP contribution in [0.5, 0.6) is 5.75 Å². The lowest BCUT2D eigenvalue weighted by atomic mass is 9.99. The minimum atomic E-state index is 0.747. The van der Waals surface area contributed by atoms with Crippen LogP contribution in [0.15, 0.2) is 60.7 Å². The van der Waals surface area contributed by atoms with Crippen molar-refractivity contribution in [3.05, 3.63) is 60.7 Å². The van der Waals surface area contributed by atoms with Crippen LogP contribution in [0.3, 0.4) is 0 Å². The third-order valence-electron chi connectivity index (χ3n) is 5.26. The lowest BCUT2D eigenvalue weighted by Gasteiger charge is -2.26. The lowest BCUT2D eigenvalue weighted by molar-refractivity contribution is 0.183. The van der Waals surface area contributed by atoms with Crippen molar-refractivity contribution in [1.29, 1.82) is 0 Å². The number of hydrogen-bond acceptors (Lipinski definition) is 3. The Balaban J connectivity index is 1.43. The molecule has 0 aliphatic carbocycles. The number of nitrogens with zero attached hydrogens (tertiary/aromatic N) is 1. The lowest BCUT2D eigenvalue weighted by Crippen LogP contribution is -2.33. The molecule has 0 unspecified atom stereocenters. The van der Waals surface area contributed by atoms with Crippen molar-refractivity contribution in [2.45, 2.75) is 19.3 Å². The average Bonchev–Trinajstić information content (AvgIpc) is 2.70. The molecule has 0 bridgehead atoms. The van der Waals surface area contributed by atoms with E-state index in [1.165, 1.54) is 37.7 Å². The molecule has 0 saturated carbocycles. The van der Waals surface area contributed by atoms with Gasteiger partial charge in [-0.1, -0.05) is 55.0 Å². The predicted octanol–water partition coefficient (Wildman–Crippen LogP) is 4.95. The van der Waals surface area contributed by atoms with Gasteiger partial charge in [-0.15, -0.1) is 0 Å². The summed E-state index contributed by atoms with van der Waals surface area (Å²) in [5.74, 6) is 0.921. The van der Waals surface area contributed by atoms with Crippen LogP contribution in [-0.4, -0.2) is 31.1 Å². The topological polar surface area (TPSA) is 38.5 Å². The number of nitrogens with two attached hydrogens (primary N) is 1. The first kappa shape index (κ1) is 16.9. The van der Waals surface area contributed by atoms with Crippen LogP contribution in [-0.2, 0) is 0 Å². The maximum Gasteiger partial charge on any atom is 0.119 e. The van der Waals surface area contributed by atoms with Crippen molar-refractivity contribution in [2.24, 2.45) is 0 Å². The fraction of sp³-hybridized carbons (Fsp3) is 0.304. The normalized spacial score (nSPS) is 15.2. The van der Waals surface area contributed by atoms with E-state index in [1.54, 1.807) is 0 Å². The van der Waals surface area contributed by atoms with E-state index in [1.807, 2.05) is 24.3 Å². The molecule has 134 valence electrons. The zero-order valence-electron chi connectivity index (χ0n) is 15.2. The molecule has 3 nitrogen and oxygen atoms in total. The van der Waals surface area contributed by atoms with Gasteiger partial charge in [0.1, 0.15) is 12.4 Å². The van der Waals surface area contributed by atoms with E-state index in [-0.39, 0.29) is 0 Å². The number of nitrogen functional groups attached to an aromatic ring is 1. The smallest absolute Gasteiger partial charge is 0.119 e. The largest absolute Gasteiger partial charge is 0.492 e. The van der Waals surface area contributed by atoms with Gasteiger partial charge in [0, 0.05) is 23.2 Å². The van der Waals surface area contributed by atoms with Crippen LogP contribution in [0.4, 0.5) is 5.69 Å². The van der Waals surface area contributed by atoms with E-state index in [9.17, 15) is 0 Å². The fourth-order valence-corrected chi connectivity index (χ4v) is 3.75. The summed E-state index contributed by atoms with van der Waals surface area (Å²) in [5, 5.41) is 2.28. The molecule has 3 heteroatoms. The van der Waals surface area contributed by atoms with Gasteiger partial charge in [-0.25, -0.2) is 0 Å². The molecule has 1 heterocycles. The van der Waals surface area contributed by atoms with Gasteiger partial charge in [0.25, 0.3) is 0 Å². The summed E-state index contributed by atoms with van der Waals surface area (Å²) in [6.45, 7) is 4.18. The minimum absolute atomic E-state index is 0.747. The molecule has 26 heavy (non-hydrogen) atoms. The molecular formula is C23H26N2O. The Morgan fingerprint density at radius 3 is 2.42 bits per heavy atom. The summed E-state index contributed by atoms with van der Waals surface area (Å²) in [6, 6.07) is 20.7. The molecule has 0 amide bonds. The highest BCUT2D eigenvalue weighted by atomic mass is 16.5. The summed E-state index contributed by atoms with van der Waals surface area (Å²) in [6.07, 6.45) is 4.01. The maximum atomic E-state index is 6.42. The first-order valence-corrected chi connectivity index (χ1v) is 9.54. The van der Waals surface area contributed by atoms with E-state index in [4.69, 9.17) is 10.5 Å². The van der Waals surface area contributed by atoms with Gasteiger partial charge in [-0.3, -0.25) is 4.90 Å². The molecule has 0 radical (unpaired) electrons. The zero-order valence-corrected chi connectivity index (χ0v) is 15.2. The van der Waals surface area contributed by atoms with Gasteiger partial charge in [0.15, 0.2) is 0 Å². The number of fused-ring (bicyclic) bond motifs is 1. The number of ether oxygens (including phenoxy) is 1.